The Kier molecular flexibility index (Phi) is 14.4. The first kappa shape index (κ1) is 47.0. The molecule has 0 saturated heterocycles. The summed E-state index contributed by atoms with van der Waals surface area (Å²) in [5.74, 6) is 0.618. The molecule has 0 radical (unpaired) electrons. The lowest BCUT2D eigenvalue weighted by molar-refractivity contribution is -0.130. The molecular formula is C53H84O2. The van der Waals surface area contributed by atoms with Crippen molar-refractivity contribution >= 4 is 0 Å². The first-order chi connectivity index (χ1) is 25.0. The fraction of sp³-hybridized carbons (Fsp3) is 0.660. The third kappa shape index (κ3) is 10.8. The predicted molar refractivity (Wildman–Crippen MR) is 240 cm³/mol. The molecule has 0 fully saturated rings. The maximum absolute atomic E-state index is 11.7. The lowest BCUT2D eigenvalue weighted by atomic mass is 9.50. The second-order valence-electron chi connectivity index (χ2n) is 22.1. The third-order valence-electron chi connectivity index (χ3n) is 15.4. The summed E-state index contributed by atoms with van der Waals surface area (Å²) in [5.41, 5.74) is 5.06. The van der Waals surface area contributed by atoms with Gasteiger partial charge >= 0.3 is 0 Å². The van der Waals surface area contributed by atoms with Crippen LogP contribution in [0.25, 0.3) is 0 Å². The van der Waals surface area contributed by atoms with Gasteiger partial charge in [0.05, 0.1) is 16.8 Å². The molecule has 3 unspecified atom stereocenters. The molecule has 55 heavy (non-hydrogen) atoms. The Balaban J connectivity index is 2.13. The maximum atomic E-state index is 11.7. The van der Waals surface area contributed by atoms with Crippen molar-refractivity contribution in [2.75, 3.05) is 0 Å². The van der Waals surface area contributed by atoms with Crippen molar-refractivity contribution in [2.45, 2.75) is 204 Å². The first-order valence-electron chi connectivity index (χ1n) is 21.6. The van der Waals surface area contributed by atoms with E-state index in [2.05, 4.69) is 197 Å². The Morgan fingerprint density at radius 2 is 0.964 bits per heavy atom. The minimum Gasteiger partial charge on any atom is -0.390 e. The van der Waals surface area contributed by atoms with Crippen LogP contribution in [0.4, 0.5) is 0 Å². The molecule has 0 bridgehead atoms. The number of aliphatic hydroxyl groups is 1. The maximum Gasteiger partial charge on any atom is 0.0882 e. The molecule has 0 aliphatic heterocycles. The van der Waals surface area contributed by atoms with Crippen LogP contribution in [-0.2, 0) is 15.8 Å². The lowest BCUT2D eigenvalue weighted by Gasteiger charge is -2.54. The molecule has 3 atom stereocenters. The molecule has 0 heterocycles. The molecule has 0 aromatic heterocycles. The molecule has 0 aliphatic carbocycles. The van der Waals surface area contributed by atoms with Crippen molar-refractivity contribution in [1.29, 1.82) is 0 Å². The molecule has 3 rings (SSSR count). The van der Waals surface area contributed by atoms with Crippen LogP contribution in [0.15, 0.2) is 78.9 Å². The van der Waals surface area contributed by atoms with Gasteiger partial charge in [-0.25, -0.2) is 0 Å². The predicted octanol–water partition coefficient (Wildman–Crippen LogP) is 15.5. The Morgan fingerprint density at radius 1 is 0.527 bits per heavy atom. The van der Waals surface area contributed by atoms with Crippen LogP contribution in [0.2, 0.25) is 0 Å². The zero-order valence-corrected chi connectivity index (χ0v) is 39.1. The highest BCUT2D eigenvalue weighted by Crippen LogP contribution is 2.61. The van der Waals surface area contributed by atoms with Crippen molar-refractivity contribution in [1.82, 2.24) is 0 Å². The van der Waals surface area contributed by atoms with Gasteiger partial charge in [-0.3, -0.25) is 0 Å². The molecule has 1 N–H and O–H groups in total. The summed E-state index contributed by atoms with van der Waals surface area (Å²) in [4.78, 5) is 0. The van der Waals surface area contributed by atoms with Crippen molar-refractivity contribution in [3.8, 4) is 0 Å². The van der Waals surface area contributed by atoms with Gasteiger partial charge in [0, 0.05) is 5.92 Å². The topological polar surface area (TPSA) is 29.5 Å². The van der Waals surface area contributed by atoms with E-state index in [0.29, 0.717) is 5.92 Å². The summed E-state index contributed by atoms with van der Waals surface area (Å²) in [7, 11) is 0. The minimum absolute atomic E-state index is 0.000514. The standard InChI is InChI=1S/C53H84O2/c1-20-35-49(10,11)55-53(18,19)43-33-29-41(30-34-43)44(51(14,15)48(8,9)37-45(52(16,17)54)40-25-23-22-24-26-40)36-47(6,7)50(12,13)38(3)39-27-31-42(32-28-39)46(4,5)21-2/h22-34,38,44-45,54H,20-21,35-37H2,1-19H3. The van der Waals surface area contributed by atoms with E-state index in [1.165, 1.54) is 27.8 Å². The Bertz CT molecular complexity index is 1630. The highest BCUT2D eigenvalue weighted by atomic mass is 16.5. The smallest absolute Gasteiger partial charge is 0.0882 e. The van der Waals surface area contributed by atoms with Gasteiger partial charge < -0.3 is 9.84 Å². The minimum atomic E-state index is -0.860. The largest absolute Gasteiger partial charge is 0.390 e. The highest BCUT2D eigenvalue weighted by Gasteiger charge is 2.51. The molecule has 308 valence electrons. The van der Waals surface area contributed by atoms with Crippen LogP contribution in [0, 0.1) is 21.7 Å². The van der Waals surface area contributed by atoms with Crippen LogP contribution in [0.5, 0.6) is 0 Å². The first-order valence-corrected chi connectivity index (χ1v) is 21.6. The summed E-state index contributed by atoms with van der Waals surface area (Å²) in [6.07, 6.45) is 5.15. The SMILES string of the molecule is CCCC(C)(C)OC(C)(C)c1ccc(C(CC(C)(C)C(C)(C)C(C)c2ccc(C(C)(C)CC)cc2)C(C)(C)C(C)(C)CC(c2ccccc2)C(C)(C)O)cc1. The molecule has 0 amide bonds. The van der Waals surface area contributed by atoms with Crippen molar-refractivity contribution in [3.63, 3.8) is 0 Å². The van der Waals surface area contributed by atoms with Crippen molar-refractivity contribution < 1.29 is 9.84 Å². The third-order valence-corrected chi connectivity index (χ3v) is 15.4. The molecule has 3 aromatic carbocycles. The summed E-state index contributed by atoms with van der Waals surface area (Å²) in [6, 6.07) is 29.7. The number of benzene rings is 3. The number of rotatable bonds is 19. The molecule has 0 aliphatic rings. The summed E-state index contributed by atoms with van der Waals surface area (Å²) in [5, 5.41) is 11.7. The van der Waals surface area contributed by atoms with Crippen LogP contribution in [0.1, 0.15) is 209 Å². The van der Waals surface area contributed by atoms with Crippen molar-refractivity contribution in [2.24, 2.45) is 21.7 Å². The monoisotopic (exact) mass is 753 g/mol. The van der Waals surface area contributed by atoms with Crippen LogP contribution < -0.4 is 0 Å². The normalized spacial score (nSPS) is 15.9. The highest BCUT2D eigenvalue weighted by molar-refractivity contribution is 5.33. The van der Waals surface area contributed by atoms with Crippen LogP contribution >= 0.6 is 0 Å². The van der Waals surface area contributed by atoms with Gasteiger partial charge in [-0.05, 0) is 134 Å². The average molecular weight is 753 g/mol. The second-order valence-corrected chi connectivity index (χ2v) is 22.1. The lowest BCUT2D eigenvalue weighted by Crippen LogP contribution is -2.45. The van der Waals surface area contributed by atoms with Crippen LogP contribution in [-0.4, -0.2) is 16.3 Å². The number of ether oxygens (including phenoxy) is 1. The van der Waals surface area contributed by atoms with Crippen molar-refractivity contribution in [3.05, 3.63) is 107 Å². The van der Waals surface area contributed by atoms with E-state index in [0.717, 1.165) is 32.1 Å². The quantitative estimate of drug-likeness (QED) is 0.132. The van der Waals surface area contributed by atoms with E-state index in [-0.39, 0.29) is 44.5 Å². The van der Waals surface area contributed by atoms with Crippen LogP contribution in [0.3, 0.4) is 0 Å². The zero-order valence-electron chi connectivity index (χ0n) is 39.1. The van der Waals surface area contributed by atoms with E-state index in [1.807, 2.05) is 13.8 Å². The van der Waals surface area contributed by atoms with Gasteiger partial charge in [0.1, 0.15) is 0 Å². The molecule has 2 heteroatoms. The fourth-order valence-corrected chi connectivity index (χ4v) is 9.22. The number of hydrogen-bond donors (Lipinski definition) is 1. The molecule has 2 nitrogen and oxygen atoms in total. The average Bonchev–Trinajstić information content (AvgIpc) is 3.08. The zero-order chi connectivity index (χ0) is 42.1. The van der Waals surface area contributed by atoms with E-state index in [9.17, 15) is 5.11 Å². The van der Waals surface area contributed by atoms with E-state index in [1.54, 1.807) is 0 Å². The molecule has 3 aromatic rings. The molecular weight excluding hydrogens is 669 g/mol. The van der Waals surface area contributed by atoms with Gasteiger partial charge in [-0.1, -0.05) is 175 Å². The number of hydrogen-bond acceptors (Lipinski definition) is 2. The summed E-state index contributed by atoms with van der Waals surface area (Å²) in [6.45, 7) is 44.4. The Labute approximate surface area is 340 Å². The molecule has 0 spiro atoms. The van der Waals surface area contributed by atoms with Gasteiger partial charge in [0.15, 0.2) is 0 Å². The summed E-state index contributed by atoms with van der Waals surface area (Å²) < 4.78 is 6.79. The second kappa shape index (κ2) is 16.8. The Hall–Kier alpha value is -2.42. The van der Waals surface area contributed by atoms with E-state index in [4.69, 9.17) is 4.74 Å². The Morgan fingerprint density at radius 3 is 1.44 bits per heavy atom. The molecule has 0 saturated carbocycles. The van der Waals surface area contributed by atoms with E-state index >= 15 is 0 Å². The summed E-state index contributed by atoms with van der Waals surface area (Å²) >= 11 is 0. The van der Waals surface area contributed by atoms with Gasteiger partial charge in [0.2, 0.25) is 0 Å². The fourth-order valence-electron chi connectivity index (χ4n) is 9.22. The van der Waals surface area contributed by atoms with E-state index < -0.39 is 11.2 Å². The van der Waals surface area contributed by atoms with Gasteiger partial charge in [0.25, 0.3) is 0 Å². The van der Waals surface area contributed by atoms with Gasteiger partial charge in [-0.15, -0.1) is 0 Å². The van der Waals surface area contributed by atoms with Gasteiger partial charge in [-0.2, -0.15) is 0 Å².